The van der Waals surface area contributed by atoms with Crippen molar-refractivity contribution in [2.24, 2.45) is 0 Å². The van der Waals surface area contributed by atoms with Gasteiger partial charge in [0.15, 0.2) is 0 Å². The molecule has 6 atom stereocenters. The fraction of sp³-hybridized carbons (Fsp3) is 0.857. The van der Waals surface area contributed by atoms with Crippen LogP contribution in [0.4, 0.5) is 0 Å². The number of unbranched alkanes of at least 4 members (excludes halogenated alkanes) is 5. The third kappa shape index (κ3) is 11.5. The summed E-state index contributed by atoms with van der Waals surface area (Å²) < 4.78 is 11.0. The van der Waals surface area contributed by atoms with Crippen LogP contribution in [0.5, 0.6) is 0 Å². The van der Waals surface area contributed by atoms with Crippen LogP contribution in [0.2, 0.25) is 0 Å². The molecule has 35 heavy (non-hydrogen) atoms. The molecule has 0 aromatic heterocycles. The Labute approximate surface area is 211 Å². The van der Waals surface area contributed by atoms with Gasteiger partial charge in [0, 0.05) is 24.8 Å². The molecule has 0 bridgehead atoms. The van der Waals surface area contributed by atoms with E-state index in [1.54, 1.807) is 13.0 Å². The Bertz CT molecular complexity index is 662. The monoisotopic (exact) mass is 496 g/mol. The first-order valence-corrected chi connectivity index (χ1v) is 13.9. The number of ether oxygens (including phenoxy) is 2. The summed E-state index contributed by atoms with van der Waals surface area (Å²) >= 11 is 0. The summed E-state index contributed by atoms with van der Waals surface area (Å²) in [4.78, 5) is 23.7. The second kappa shape index (κ2) is 16.5. The van der Waals surface area contributed by atoms with E-state index >= 15 is 0 Å². The number of Topliss-reactive ketones (excluding diaryl/α,β-unsaturated/α-hetero) is 1. The van der Waals surface area contributed by atoms with Crippen LogP contribution in [0, 0.1) is 0 Å². The van der Waals surface area contributed by atoms with Crippen LogP contribution in [0.15, 0.2) is 11.6 Å². The van der Waals surface area contributed by atoms with Crippen molar-refractivity contribution in [2.75, 3.05) is 0 Å². The average molecular weight is 497 g/mol. The van der Waals surface area contributed by atoms with Crippen molar-refractivity contribution < 1.29 is 34.4 Å². The Kier molecular flexibility index (Phi) is 14.1. The maximum atomic E-state index is 12.1. The standard InChI is InChI=1S/C28H48O7/c1-3-4-6-14-24(31)26-16-17-27(35-26)25(32)15-8-5-7-11-22(29)12-9-10-13-23(30)19-21-18-20(2)34-28(21)33/h18,20,23-27,30-32H,3-17,19H2,1-2H3/t20-,23+,24-,25+,26+,27+/m0/s1. The summed E-state index contributed by atoms with van der Waals surface area (Å²) in [5.74, 6) is -0.0919. The van der Waals surface area contributed by atoms with Gasteiger partial charge in [-0.05, 0) is 57.9 Å². The molecule has 7 heteroatoms. The van der Waals surface area contributed by atoms with E-state index in [1.807, 2.05) is 0 Å². The van der Waals surface area contributed by atoms with Gasteiger partial charge >= 0.3 is 5.97 Å². The number of hydrogen-bond donors (Lipinski definition) is 3. The molecule has 7 nitrogen and oxygen atoms in total. The van der Waals surface area contributed by atoms with E-state index in [0.717, 1.165) is 70.6 Å². The highest BCUT2D eigenvalue weighted by molar-refractivity contribution is 5.90. The van der Waals surface area contributed by atoms with E-state index in [1.165, 1.54) is 0 Å². The number of aliphatic hydroxyl groups excluding tert-OH is 3. The third-order valence-corrected chi connectivity index (χ3v) is 7.19. The molecule has 0 spiro atoms. The first-order valence-electron chi connectivity index (χ1n) is 13.9. The minimum atomic E-state index is -0.580. The number of hydrogen-bond acceptors (Lipinski definition) is 7. The predicted molar refractivity (Wildman–Crippen MR) is 135 cm³/mol. The largest absolute Gasteiger partial charge is 0.455 e. The van der Waals surface area contributed by atoms with Crippen LogP contribution in [0.25, 0.3) is 0 Å². The maximum Gasteiger partial charge on any atom is 0.334 e. The highest BCUT2D eigenvalue weighted by atomic mass is 16.5. The molecule has 1 saturated heterocycles. The summed E-state index contributed by atoms with van der Waals surface area (Å²) in [7, 11) is 0. The highest BCUT2D eigenvalue weighted by Crippen LogP contribution is 2.28. The molecule has 0 unspecified atom stereocenters. The van der Waals surface area contributed by atoms with E-state index in [0.29, 0.717) is 37.7 Å². The number of ketones is 1. The Morgan fingerprint density at radius 1 is 0.914 bits per heavy atom. The fourth-order valence-electron chi connectivity index (χ4n) is 5.05. The summed E-state index contributed by atoms with van der Waals surface area (Å²) in [6.45, 7) is 3.94. The van der Waals surface area contributed by atoms with Crippen molar-refractivity contribution in [1.29, 1.82) is 0 Å². The number of cyclic esters (lactones) is 1. The maximum absolute atomic E-state index is 12.1. The molecule has 0 saturated carbocycles. The highest BCUT2D eigenvalue weighted by Gasteiger charge is 2.34. The predicted octanol–water partition coefficient (Wildman–Crippen LogP) is 4.54. The van der Waals surface area contributed by atoms with Crippen LogP contribution < -0.4 is 0 Å². The third-order valence-electron chi connectivity index (χ3n) is 7.19. The summed E-state index contributed by atoms with van der Waals surface area (Å²) in [5.41, 5.74) is 0.547. The Morgan fingerprint density at radius 2 is 1.49 bits per heavy atom. The zero-order valence-electron chi connectivity index (χ0n) is 21.8. The van der Waals surface area contributed by atoms with Gasteiger partial charge in [0.05, 0.1) is 30.5 Å². The molecule has 2 heterocycles. The summed E-state index contributed by atoms with van der Waals surface area (Å²) in [6, 6.07) is 0. The molecule has 3 N–H and O–H groups in total. The van der Waals surface area contributed by atoms with E-state index in [4.69, 9.17) is 9.47 Å². The number of rotatable bonds is 19. The van der Waals surface area contributed by atoms with Crippen LogP contribution >= 0.6 is 0 Å². The molecule has 202 valence electrons. The molecule has 0 radical (unpaired) electrons. The first-order chi connectivity index (χ1) is 16.8. The van der Waals surface area contributed by atoms with Gasteiger partial charge in [-0.2, -0.15) is 0 Å². The molecule has 0 amide bonds. The summed E-state index contributed by atoms with van der Waals surface area (Å²) in [6.07, 6.45) is 12.1. The second-order valence-electron chi connectivity index (χ2n) is 10.5. The van der Waals surface area contributed by atoms with Gasteiger partial charge in [-0.15, -0.1) is 0 Å². The molecule has 2 aliphatic rings. The molecular weight excluding hydrogens is 448 g/mol. The molecular formula is C28H48O7. The van der Waals surface area contributed by atoms with Gasteiger partial charge in [0.25, 0.3) is 0 Å². The molecule has 1 fully saturated rings. The van der Waals surface area contributed by atoms with Crippen LogP contribution in [0.3, 0.4) is 0 Å². The van der Waals surface area contributed by atoms with E-state index in [9.17, 15) is 24.9 Å². The Hall–Kier alpha value is -1.28. The van der Waals surface area contributed by atoms with Crippen LogP contribution in [-0.4, -0.2) is 63.7 Å². The van der Waals surface area contributed by atoms with Gasteiger partial charge in [-0.25, -0.2) is 4.79 Å². The van der Waals surface area contributed by atoms with Crippen molar-refractivity contribution in [2.45, 2.75) is 153 Å². The van der Waals surface area contributed by atoms with Crippen molar-refractivity contribution in [3.05, 3.63) is 11.6 Å². The number of aliphatic hydroxyl groups is 3. The lowest BCUT2D eigenvalue weighted by atomic mass is 9.99. The lowest BCUT2D eigenvalue weighted by Gasteiger charge is -2.22. The van der Waals surface area contributed by atoms with Gasteiger partial charge in [-0.3, -0.25) is 4.79 Å². The molecule has 0 aliphatic carbocycles. The van der Waals surface area contributed by atoms with Crippen LogP contribution in [0.1, 0.15) is 117 Å². The Morgan fingerprint density at radius 3 is 2.06 bits per heavy atom. The zero-order chi connectivity index (χ0) is 25.6. The molecule has 0 aromatic carbocycles. The van der Waals surface area contributed by atoms with Gasteiger partial charge < -0.3 is 24.8 Å². The minimum Gasteiger partial charge on any atom is -0.455 e. The van der Waals surface area contributed by atoms with Gasteiger partial charge in [-0.1, -0.05) is 45.4 Å². The van der Waals surface area contributed by atoms with Gasteiger partial charge in [0.1, 0.15) is 11.9 Å². The fourth-order valence-corrected chi connectivity index (χ4v) is 5.05. The molecule has 2 aliphatic heterocycles. The van der Waals surface area contributed by atoms with Crippen molar-refractivity contribution in [3.63, 3.8) is 0 Å². The minimum absolute atomic E-state index is 0.148. The van der Waals surface area contributed by atoms with Crippen molar-refractivity contribution >= 4 is 11.8 Å². The zero-order valence-corrected chi connectivity index (χ0v) is 21.8. The van der Waals surface area contributed by atoms with E-state index in [2.05, 4.69) is 6.92 Å². The normalized spacial score (nSPS) is 24.8. The quantitative estimate of drug-likeness (QED) is 0.178. The van der Waals surface area contributed by atoms with E-state index in [-0.39, 0.29) is 30.1 Å². The Balaban J connectivity index is 1.45. The van der Waals surface area contributed by atoms with Crippen LogP contribution in [-0.2, 0) is 19.1 Å². The number of esters is 1. The van der Waals surface area contributed by atoms with Crippen molar-refractivity contribution in [3.8, 4) is 0 Å². The first kappa shape index (κ1) is 29.9. The topological polar surface area (TPSA) is 113 Å². The van der Waals surface area contributed by atoms with Gasteiger partial charge in [0.2, 0.25) is 0 Å². The lowest BCUT2D eigenvalue weighted by Crippen LogP contribution is -2.31. The lowest BCUT2D eigenvalue weighted by molar-refractivity contribution is -0.139. The number of carbonyl (C=O) groups excluding carboxylic acids is 2. The smallest absolute Gasteiger partial charge is 0.334 e. The second-order valence-corrected chi connectivity index (χ2v) is 10.5. The summed E-state index contributed by atoms with van der Waals surface area (Å²) in [5, 5.41) is 30.8. The van der Waals surface area contributed by atoms with E-state index < -0.39 is 18.3 Å². The average Bonchev–Trinajstić information content (AvgIpc) is 3.43. The molecule has 2 rings (SSSR count). The molecule has 0 aromatic rings. The SMILES string of the molecule is CCCCC[C@H](O)[C@H]1CC[C@H]([C@H](O)CCCCCC(=O)CCCC[C@@H](O)CC2=C[C@H](C)OC2=O)O1. The number of carbonyl (C=O) groups is 2. The van der Waals surface area contributed by atoms with Crippen molar-refractivity contribution in [1.82, 2.24) is 0 Å².